The van der Waals surface area contributed by atoms with Crippen molar-refractivity contribution in [1.29, 1.82) is 0 Å². The molecule has 0 amide bonds. The second kappa shape index (κ2) is 9.08. The first-order valence-corrected chi connectivity index (χ1v) is 10.2. The van der Waals surface area contributed by atoms with Crippen LogP contribution in [0.3, 0.4) is 0 Å². The van der Waals surface area contributed by atoms with Gasteiger partial charge in [-0.25, -0.2) is 0 Å². The number of benzene rings is 2. The van der Waals surface area contributed by atoms with Gasteiger partial charge in [-0.05, 0) is 34.9 Å². The summed E-state index contributed by atoms with van der Waals surface area (Å²) in [5, 5.41) is 17.0. The van der Waals surface area contributed by atoms with Crippen LogP contribution in [0, 0.1) is 5.92 Å². The van der Waals surface area contributed by atoms with Crippen molar-refractivity contribution in [3.05, 3.63) is 65.2 Å². The van der Waals surface area contributed by atoms with E-state index in [-0.39, 0.29) is 24.1 Å². The molecule has 1 saturated heterocycles. The predicted molar refractivity (Wildman–Crippen MR) is 115 cm³/mol. The fourth-order valence-corrected chi connectivity index (χ4v) is 4.13. The highest BCUT2D eigenvalue weighted by atomic mass is 16.5. The van der Waals surface area contributed by atoms with E-state index in [1.54, 1.807) is 7.11 Å². The molecule has 28 heavy (non-hydrogen) atoms. The molecule has 4 heteroatoms. The first-order valence-electron chi connectivity index (χ1n) is 10.2. The van der Waals surface area contributed by atoms with E-state index in [2.05, 4.69) is 79.9 Å². The lowest BCUT2D eigenvalue weighted by Crippen LogP contribution is -2.38. The van der Waals surface area contributed by atoms with Gasteiger partial charge in [0.25, 0.3) is 0 Å². The second-order valence-corrected chi connectivity index (χ2v) is 8.75. The zero-order valence-corrected chi connectivity index (χ0v) is 17.5. The summed E-state index contributed by atoms with van der Waals surface area (Å²) in [6, 6.07) is 17.6. The van der Waals surface area contributed by atoms with Gasteiger partial charge in [0.15, 0.2) is 0 Å². The molecule has 2 aromatic carbocycles. The van der Waals surface area contributed by atoms with Crippen LogP contribution in [0.25, 0.3) is 0 Å². The maximum Gasteiger partial charge on any atom is 0.123 e. The van der Waals surface area contributed by atoms with Gasteiger partial charge in [0.05, 0.1) is 7.11 Å². The largest absolute Gasteiger partial charge is 0.496 e. The van der Waals surface area contributed by atoms with Gasteiger partial charge >= 0.3 is 0 Å². The minimum absolute atomic E-state index is 0.0991. The Morgan fingerprint density at radius 2 is 1.89 bits per heavy atom. The van der Waals surface area contributed by atoms with Crippen LogP contribution in [0.5, 0.6) is 5.75 Å². The third kappa shape index (κ3) is 4.75. The second-order valence-electron chi connectivity index (χ2n) is 8.75. The minimum Gasteiger partial charge on any atom is -0.496 e. The molecule has 0 bridgehead atoms. The van der Waals surface area contributed by atoms with Gasteiger partial charge in [-0.1, -0.05) is 63.2 Å². The normalized spacial score (nSPS) is 22.4. The number of nitrogens with one attached hydrogen (secondary N) is 2. The lowest BCUT2D eigenvalue weighted by molar-refractivity contribution is 0.243. The summed E-state index contributed by atoms with van der Waals surface area (Å²) in [4.78, 5) is 0. The van der Waals surface area contributed by atoms with Crippen molar-refractivity contribution in [3.63, 3.8) is 0 Å². The van der Waals surface area contributed by atoms with Gasteiger partial charge in [0, 0.05) is 37.3 Å². The van der Waals surface area contributed by atoms with Crippen LogP contribution in [-0.4, -0.2) is 31.4 Å². The van der Waals surface area contributed by atoms with E-state index in [0.717, 1.165) is 25.3 Å². The summed E-state index contributed by atoms with van der Waals surface area (Å²) < 4.78 is 5.62. The molecular weight excluding hydrogens is 348 g/mol. The Kier molecular flexibility index (Phi) is 6.76. The molecule has 3 atom stereocenters. The van der Waals surface area contributed by atoms with Gasteiger partial charge in [0.1, 0.15) is 5.75 Å². The first-order chi connectivity index (χ1) is 13.4. The van der Waals surface area contributed by atoms with Crippen LogP contribution in [0.4, 0.5) is 0 Å². The number of methoxy groups -OCH3 is 1. The lowest BCUT2D eigenvalue weighted by atomic mass is 9.86. The van der Waals surface area contributed by atoms with Crippen molar-refractivity contribution >= 4 is 0 Å². The minimum atomic E-state index is 0.0991. The standard InChI is InChI=1S/C24H34N2O2/c1-24(2,3)20-10-11-21(28-4)19(14-20)16-26-23-18(12-13-27)15-25-22(23)17-8-6-5-7-9-17/h5-11,14,18,22-23,25-27H,12-13,15-16H2,1-4H3. The SMILES string of the molecule is COc1ccc(C(C)(C)C)cc1CNC1C(CCO)CNC1c1ccccc1. The van der Waals surface area contributed by atoms with Gasteiger partial charge in [0.2, 0.25) is 0 Å². The summed E-state index contributed by atoms with van der Waals surface area (Å²) in [6.07, 6.45) is 0.799. The van der Waals surface area contributed by atoms with E-state index in [1.165, 1.54) is 16.7 Å². The Balaban J connectivity index is 1.81. The first kappa shape index (κ1) is 20.8. The number of rotatable bonds is 7. The molecule has 4 nitrogen and oxygen atoms in total. The Hall–Kier alpha value is -1.88. The molecule has 0 aliphatic carbocycles. The molecule has 3 rings (SSSR count). The zero-order chi connectivity index (χ0) is 20.1. The predicted octanol–water partition coefficient (Wildman–Crippen LogP) is 3.79. The fourth-order valence-electron chi connectivity index (χ4n) is 4.13. The van der Waals surface area contributed by atoms with Crippen molar-refractivity contribution in [3.8, 4) is 5.75 Å². The van der Waals surface area contributed by atoms with Crippen LogP contribution >= 0.6 is 0 Å². The van der Waals surface area contributed by atoms with E-state index < -0.39 is 0 Å². The average molecular weight is 383 g/mol. The van der Waals surface area contributed by atoms with E-state index in [4.69, 9.17) is 4.74 Å². The van der Waals surface area contributed by atoms with E-state index in [0.29, 0.717) is 5.92 Å². The number of ether oxygens (including phenoxy) is 1. The molecule has 152 valence electrons. The van der Waals surface area contributed by atoms with Crippen molar-refractivity contribution in [2.45, 2.75) is 51.2 Å². The summed E-state index contributed by atoms with van der Waals surface area (Å²) in [5.74, 6) is 1.31. The quantitative estimate of drug-likeness (QED) is 0.682. The summed E-state index contributed by atoms with van der Waals surface area (Å²) in [7, 11) is 1.73. The van der Waals surface area contributed by atoms with Crippen molar-refractivity contribution in [1.82, 2.24) is 10.6 Å². The van der Waals surface area contributed by atoms with Gasteiger partial charge in [-0.3, -0.25) is 0 Å². The smallest absolute Gasteiger partial charge is 0.123 e. The highest BCUT2D eigenvalue weighted by molar-refractivity contribution is 5.40. The molecule has 3 N–H and O–H groups in total. The lowest BCUT2D eigenvalue weighted by Gasteiger charge is -2.27. The molecule has 0 radical (unpaired) electrons. The van der Waals surface area contributed by atoms with Crippen LogP contribution < -0.4 is 15.4 Å². The molecule has 0 spiro atoms. The van der Waals surface area contributed by atoms with Crippen molar-refractivity contribution < 1.29 is 9.84 Å². The molecule has 2 aromatic rings. The maximum absolute atomic E-state index is 9.52. The third-order valence-corrected chi connectivity index (χ3v) is 5.80. The number of aliphatic hydroxyl groups is 1. The van der Waals surface area contributed by atoms with Crippen LogP contribution in [0.15, 0.2) is 48.5 Å². The van der Waals surface area contributed by atoms with Crippen LogP contribution in [-0.2, 0) is 12.0 Å². The average Bonchev–Trinajstić information content (AvgIpc) is 3.09. The Bertz CT molecular complexity index is 755. The monoisotopic (exact) mass is 382 g/mol. The molecule has 0 aromatic heterocycles. The molecule has 1 fully saturated rings. The summed E-state index contributed by atoms with van der Waals surface area (Å²) >= 11 is 0. The molecular formula is C24H34N2O2. The molecule has 3 unspecified atom stereocenters. The zero-order valence-electron chi connectivity index (χ0n) is 17.5. The number of aliphatic hydroxyl groups excluding tert-OH is 1. The van der Waals surface area contributed by atoms with Gasteiger partial charge < -0.3 is 20.5 Å². The fraction of sp³-hybridized carbons (Fsp3) is 0.500. The van der Waals surface area contributed by atoms with E-state index >= 15 is 0 Å². The molecule has 1 aliphatic heterocycles. The van der Waals surface area contributed by atoms with Crippen molar-refractivity contribution in [2.24, 2.45) is 5.92 Å². The van der Waals surface area contributed by atoms with Crippen LogP contribution in [0.1, 0.15) is 49.9 Å². The van der Waals surface area contributed by atoms with Gasteiger partial charge in [-0.15, -0.1) is 0 Å². The van der Waals surface area contributed by atoms with Gasteiger partial charge in [-0.2, -0.15) is 0 Å². The van der Waals surface area contributed by atoms with Crippen LogP contribution in [0.2, 0.25) is 0 Å². The van der Waals surface area contributed by atoms with Crippen molar-refractivity contribution in [2.75, 3.05) is 20.3 Å². The maximum atomic E-state index is 9.52. The summed E-state index contributed by atoms with van der Waals surface area (Å²) in [5.41, 5.74) is 3.87. The Labute approximate surface area is 169 Å². The highest BCUT2D eigenvalue weighted by Crippen LogP contribution is 2.32. The molecule has 1 aliphatic rings. The Morgan fingerprint density at radius 1 is 1.14 bits per heavy atom. The third-order valence-electron chi connectivity index (χ3n) is 5.80. The van der Waals surface area contributed by atoms with E-state index in [1.807, 2.05) is 0 Å². The highest BCUT2D eigenvalue weighted by Gasteiger charge is 2.36. The number of hydrogen-bond donors (Lipinski definition) is 3. The molecule has 0 saturated carbocycles. The van der Waals surface area contributed by atoms with E-state index in [9.17, 15) is 5.11 Å². The Morgan fingerprint density at radius 3 is 2.54 bits per heavy atom. The summed E-state index contributed by atoms with van der Waals surface area (Å²) in [6.45, 7) is 8.57. The topological polar surface area (TPSA) is 53.5 Å². The molecule has 1 heterocycles. The number of hydrogen-bond acceptors (Lipinski definition) is 4.